The Bertz CT molecular complexity index is 722. The van der Waals surface area contributed by atoms with E-state index in [1.165, 1.54) is 24.4 Å². The highest BCUT2D eigenvalue weighted by Gasteiger charge is 2.17. The van der Waals surface area contributed by atoms with Crippen molar-refractivity contribution in [2.75, 3.05) is 16.8 Å². The predicted octanol–water partition coefficient (Wildman–Crippen LogP) is 3.82. The third-order valence-corrected chi connectivity index (χ3v) is 4.62. The molecule has 8 heteroatoms. The van der Waals surface area contributed by atoms with Gasteiger partial charge in [0.2, 0.25) is 5.88 Å². The Kier molecular flexibility index (Phi) is 5.70. The van der Waals surface area contributed by atoms with Crippen molar-refractivity contribution >= 4 is 23.4 Å². The van der Waals surface area contributed by atoms with Crippen LogP contribution in [0.3, 0.4) is 0 Å². The molecular formula is C17H16F2N2O3S. The van der Waals surface area contributed by atoms with Crippen LogP contribution in [0.2, 0.25) is 0 Å². The van der Waals surface area contributed by atoms with Crippen LogP contribution in [0, 0.1) is 0 Å². The van der Waals surface area contributed by atoms with Gasteiger partial charge < -0.3 is 14.8 Å². The third kappa shape index (κ3) is 5.06. The summed E-state index contributed by atoms with van der Waals surface area (Å²) in [6.07, 6.45) is 2.58. The van der Waals surface area contributed by atoms with Crippen LogP contribution in [-0.2, 0) is 0 Å². The number of alkyl halides is 2. The number of carbonyl (C=O) groups is 1. The molecule has 0 saturated carbocycles. The van der Waals surface area contributed by atoms with E-state index in [2.05, 4.69) is 15.0 Å². The lowest BCUT2D eigenvalue weighted by atomic mass is 10.2. The molecular weight excluding hydrogens is 350 g/mol. The number of hydrogen-bond acceptors (Lipinski definition) is 5. The number of thioether (sulfide) groups is 1. The molecule has 5 nitrogen and oxygen atoms in total. The molecule has 1 aliphatic rings. The summed E-state index contributed by atoms with van der Waals surface area (Å²) >= 11 is 1.84. The largest absolute Gasteiger partial charge is 0.473 e. The molecule has 1 aromatic heterocycles. The number of ether oxygens (including phenoxy) is 2. The van der Waals surface area contributed by atoms with Gasteiger partial charge in [-0.15, -0.1) is 0 Å². The van der Waals surface area contributed by atoms with Crippen LogP contribution in [-0.4, -0.2) is 35.1 Å². The van der Waals surface area contributed by atoms with Crippen molar-refractivity contribution in [1.29, 1.82) is 0 Å². The van der Waals surface area contributed by atoms with E-state index in [1.54, 1.807) is 18.2 Å². The Balaban J connectivity index is 1.61. The Labute approximate surface area is 147 Å². The molecule has 1 fully saturated rings. The maximum atomic E-state index is 12.2. The quantitative estimate of drug-likeness (QED) is 0.842. The van der Waals surface area contributed by atoms with E-state index in [0.717, 1.165) is 17.9 Å². The second-order valence-electron chi connectivity index (χ2n) is 5.35. The molecule has 1 N–H and O–H groups in total. The number of hydrogen-bond donors (Lipinski definition) is 1. The average molecular weight is 366 g/mol. The molecule has 3 rings (SSSR count). The van der Waals surface area contributed by atoms with E-state index in [-0.39, 0.29) is 11.9 Å². The highest BCUT2D eigenvalue weighted by Crippen LogP contribution is 2.23. The molecule has 2 heterocycles. The van der Waals surface area contributed by atoms with Crippen LogP contribution >= 0.6 is 11.8 Å². The number of halogens is 2. The molecule has 1 amide bonds. The maximum absolute atomic E-state index is 12.2. The van der Waals surface area contributed by atoms with Crippen LogP contribution in [0.15, 0.2) is 42.6 Å². The predicted molar refractivity (Wildman–Crippen MR) is 91.6 cm³/mol. The van der Waals surface area contributed by atoms with Crippen LogP contribution in [0.25, 0.3) is 0 Å². The van der Waals surface area contributed by atoms with Gasteiger partial charge >= 0.3 is 6.61 Å². The van der Waals surface area contributed by atoms with Gasteiger partial charge in [0, 0.05) is 29.8 Å². The fourth-order valence-corrected chi connectivity index (χ4v) is 3.41. The number of pyridine rings is 1. The second kappa shape index (κ2) is 8.15. The van der Waals surface area contributed by atoms with Crippen LogP contribution in [0.1, 0.15) is 16.8 Å². The van der Waals surface area contributed by atoms with Gasteiger partial charge in [0.15, 0.2) is 0 Å². The third-order valence-electron chi connectivity index (χ3n) is 3.49. The first-order valence-corrected chi connectivity index (χ1v) is 8.82. The zero-order valence-corrected chi connectivity index (χ0v) is 14.0. The molecule has 25 heavy (non-hydrogen) atoms. The lowest BCUT2D eigenvalue weighted by molar-refractivity contribution is -0.0497. The number of nitrogens with zero attached hydrogens (tertiary/aromatic N) is 1. The standard InChI is InChI=1S/C17H16F2N2O3S/c18-17(19)24-13-3-1-2-12(8-13)21-16(22)11-4-5-15(20-9-11)23-14-6-7-25-10-14/h1-5,8-9,14,17H,6-7,10H2,(H,21,22)/t14-/m1/s1. The molecule has 0 bridgehead atoms. The number of nitrogens with one attached hydrogen (secondary N) is 1. The zero-order chi connectivity index (χ0) is 17.6. The SMILES string of the molecule is O=C(Nc1cccc(OC(F)F)c1)c1ccc(O[C@@H]2CCSC2)nc1. The van der Waals surface area contributed by atoms with E-state index in [4.69, 9.17) is 4.74 Å². The van der Waals surface area contributed by atoms with Crippen molar-refractivity contribution in [2.45, 2.75) is 19.1 Å². The van der Waals surface area contributed by atoms with Gasteiger partial charge in [-0.1, -0.05) is 6.07 Å². The monoisotopic (exact) mass is 366 g/mol. The van der Waals surface area contributed by atoms with Crippen molar-refractivity contribution in [3.63, 3.8) is 0 Å². The first kappa shape index (κ1) is 17.5. The fourth-order valence-electron chi connectivity index (χ4n) is 2.31. The minimum Gasteiger partial charge on any atom is -0.473 e. The van der Waals surface area contributed by atoms with Gasteiger partial charge in [-0.2, -0.15) is 20.5 Å². The highest BCUT2D eigenvalue weighted by molar-refractivity contribution is 7.99. The van der Waals surface area contributed by atoms with Crippen molar-refractivity contribution in [3.05, 3.63) is 48.2 Å². The maximum Gasteiger partial charge on any atom is 0.387 e. The molecule has 0 aliphatic carbocycles. The van der Waals surface area contributed by atoms with E-state index < -0.39 is 12.5 Å². The Morgan fingerprint density at radius 1 is 1.32 bits per heavy atom. The summed E-state index contributed by atoms with van der Waals surface area (Å²) < 4.78 is 34.5. The van der Waals surface area contributed by atoms with Crippen molar-refractivity contribution in [3.8, 4) is 11.6 Å². The van der Waals surface area contributed by atoms with Crippen molar-refractivity contribution in [2.24, 2.45) is 0 Å². The Hall–Kier alpha value is -2.35. The smallest absolute Gasteiger partial charge is 0.387 e. The summed E-state index contributed by atoms with van der Waals surface area (Å²) in [4.78, 5) is 16.4. The molecule has 132 valence electrons. The van der Waals surface area contributed by atoms with Gasteiger partial charge in [0.1, 0.15) is 11.9 Å². The number of rotatable bonds is 6. The number of amides is 1. The number of carbonyl (C=O) groups excluding carboxylic acids is 1. The minimum absolute atomic E-state index is 0.0240. The Morgan fingerprint density at radius 3 is 2.88 bits per heavy atom. The number of benzene rings is 1. The summed E-state index contributed by atoms with van der Waals surface area (Å²) in [5.41, 5.74) is 0.694. The van der Waals surface area contributed by atoms with Gasteiger partial charge in [-0.3, -0.25) is 4.79 Å². The van der Waals surface area contributed by atoms with Gasteiger partial charge in [-0.25, -0.2) is 4.98 Å². The second-order valence-corrected chi connectivity index (χ2v) is 6.50. The average Bonchev–Trinajstić information content (AvgIpc) is 3.08. The first-order valence-electron chi connectivity index (χ1n) is 7.67. The van der Waals surface area contributed by atoms with E-state index >= 15 is 0 Å². The topological polar surface area (TPSA) is 60.5 Å². The summed E-state index contributed by atoms with van der Waals surface area (Å²) in [5, 5.41) is 2.62. The summed E-state index contributed by atoms with van der Waals surface area (Å²) in [6, 6.07) is 9.07. The summed E-state index contributed by atoms with van der Waals surface area (Å²) in [5.74, 6) is 2.09. The van der Waals surface area contributed by atoms with E-state index in [1.807, 2.05) is 11.8 Å². The van der Waals surface area contributed by atoms with Crippen LogP contribution < -0.4 is 14.8 Å². The summed E-state index contributed by atoms with van der Waals surface area (Å²) in [6.45, 7) is -2.92. The molecule has 2 aromatic rings. The van der Waals surface area contributed by atoms with Crippen LogP contribution in [0.4, 0.5) is 14.5 Å². The molecule has 1 atom stereocenters. The lowest BCUT2D eigenvalue weighted by Crippen LogP contribution is -2.16. The zero-order valence-electron chi connectivity index (χ0n) is 13.2. The summed E-state index contributed by atoms with van der Waals surface area (Å²) in [7, 11) is 0. The molecule has 1 aliphatic heterocycles. The molecule has 0 radical (unpaired) electrons. The van der Waals surface area contributed by atoms with Crippen molar-refractivity contribution in [1.82, 2.24) is 4.98 Å². The molecule has 0 unspecified atom stereocenters. The molecule has 0 spiro atoms. The van der Waals surface area contributed by atoms with Gasteiger partial charge in [-0.05, 0) is 30.4 Å². The van der Waals surface area contributed by atoms with Crippen molar-refractivity contribution < 1.29 is 23.0 Å². The van der Waals surface area contributed by atoms with Gasteiger partial charge in [0.25, 0.3) is 5.91 Å². The fraction of sp³-hybridized carbons (Fsp3) is 0.294. The molecule has 1 aromatic carbocycles. The van der Waals surface area contributed by atoms with Gasteiger partial charge in [0.05, 0.1) is 5.56 Å². The van der Waals surface area contributed by atoms with E-state index in [0.29, 0.717) is 17.1 Å². The minimum atomic E-state index is -2.92. The normalized spacial score (nSPS) is 16.7. The van der Waals surface area contributed by atoms with E-state index in [9.17, 15) is 13.6 Å². The first-order chi connectivity index (χ1) is 12.1. The lowest BCUT2D eigenvalue weighted by Gasteiger charge is -2.12. The highest BCUT2D eigenvalue weighted by atomic mass is 32.2. The number of aromatic nitrogens is 1. The number of anilines is 1. The van der Waals surface area contributed by atoms with Crippen LogP contribution in [0.5, 0.6) is 11.6 Å². The Morgan fingerprint density at radius 2 is 2.20 bits per heavy atom. The molecule has 1 saturated heterocycles.